The van der Waals surface area contributed by atoms with E-state index in [1.54, 1.807) is 19.1 Å². The summed E-state index contributed by atoms with van der Waals surface area (Å²) in [6, 6.07) is 5.83. The summed E-state index contributed by atoms with van der Waals surface area (Å²) in [5.41, 5.74) is 5.76. The highest BCUT2D eigenvalue weighted by atomic mass is 19.1. The number of primary amides is 1. The third kappa shape index (κ3) is 2.40. The van der Waals surface area contributed by atoms with E-state index in [-0.39, 0.29) is 12.0 Å². The van der Waals surface area contributed by atoms with Gasteiger partial charge in [-0.2, -0.15) is 0 Å². The van der Waals surface area contributed by atoms with Crippen LogP contribution in [0.3, 0.4) is 0 Å². The van der Waals surface area contributed by atoms with Crippen LogP contribution in [0, 0.1) is 11.7 Å². The van der Waals surface area contributed by atoms with Crippen LogP contribution >= 0.6 is 0 Å². The molecule has 94 valence electrons. The van der Waals surface area contributed by atoms with Gasteiger partial charge in [0.15, 0.2) is 0 Å². The third-order valence-electron chi connectivity index (χ3n) is 2.90. The van der Waals surface area contributed by atoms with E-state index in [2.05, 4.69) is 4.98 Å². The van der Waals surface area contributed by atoms with Gasteiger partial charge in [-0.05, 0) is 36.1 Å². The number of H-pyrrole nitrogens is 1. The standard InChI is InChI=1S/C13H13FN2O2/c1-7(12(15)17)4-9-5-8-2-3-10(14)6-11(8)16-13(9)18/h2-3,5-7H,4H2,1H3,(H2,15,17)(H,16,18). The van der Waals surface area contributed by atoms with Crippen molar-refractivity contribution in [2.45, 2.75) is 13.3 Å². The van der Waals surface area contributed by atoms with Gasteiger partial charge in [-0.1, -0.05) is 6.92 Å². The van der Waals surface area contributed by atoms with Crippen LogP contribution < -0.4 is 11.3 Å². The lowest BCUT2D eigenvalue weighted by atomic mass is 10.0. The lowest BCUT2D eigenvalue weighted by Crippen LogP contribution is -2.25. The van der Waals surface area contributed by atoms with Crippen LogP contribution in [0.15, 0.2) is 29.1 Å². The highest BCUT2D eigenvalue weighted by molar-refractivity contribution is 5.79. The fourth-order valence-corrected chi connectivity index (χ4v) is 1.80. The molecule has 0 aliphatic rings. The minimum absolute atomic E-state index is 0.276. The van der Waals surface area contributed by atoms with Gasteiger partial charge in [0.2, 0.25) is 5.91 Å². The van der Waals surface area contributed by atoms with E-state index in [0.29, 0.717) is 11.1 Å². The molecule has 0 aliphatic heterocycles. The predicted octanol–water partition coefficient (Wildman–Crippen LogP) is 1.33. The summed E-state index contributed by atoms with van der Waals surface area (Å²) in [6.45, 7) is 1.66. The molecule has 1 aromatic heterocycles. The van der Waals surface area contributed by atoms with Gasteiger partial charge in [0.1, 0.15) is 5.82 Å². The molecule has 2 aromatic rings. The topological polar surface area (TPSA) is 75.9 Å². The number of halogens is 1. The Balaban J connectivity index is 2.47. The van der Waals surface area contributed by atoms with Crippen molar-refractivity contribution in [2.75, 3.05) is 0 Å². The Hall–Kier alpha value is -2.17. The Bertz CT molecular complexity index is 664. The molecule has 0 aliphatic carbocycles. The van der Waals surface area contributed by atoms with Gasteiger partial charge in [0.25, 0.3) is 5.56 Å². The second-order valence-electron chi connectivity index (χ2n) is 4.36. The molecule has 1 amide bonds. The number of fused-ring (bicyclic) bond motifs is 1. The number of aromatic nitrogens is 1. The maximum absolute atomic E-state index is 13.0. The molecule has 2 rings (SSSR count). The molecule has 0 saturated heterocycles. The van der Waals surface area contributed by atoms with Crippen molar-refractivity contribution in [1.82, 2.24) is 4.98 Å². The number of nitrogens with one attached hydrogen (secondary N) is 1. The summed E-state index contributed by atoms with van der Waals surface area (Å²) in [4.78, 5) is 25.4. The number of hydrogen-bond acceptors (Lipinski definition) is 2. The average molecular weight is 248 g/mol. The van der Waals surface area contributed by atoms with E-state index in [9.17, 15) is 14.0 Å². The maximum atomic E-state index is 13.0. The molecule has 1 unspecified atom stereocenters. The zero-order valence-electron chi connectivity index (χ0n) is 9.87. The highest BCUT2D eigenvalue weighted by Gasteiger charge is 2.12. The molecule has 5 heteroatoms. The van der Waals surface area contributed by atoms with E-state index in [1.807, 2.05) is 0 Å². The fraction of sp³-hybridized carbons (Fsp3) is 0.231. The molecule has 0 saturated carbocycles. The minimum Gasteiger partial charge on any atom is -0.369 e. The number of pyridine rings is 1. The zero-order valence-corrected chi connectivity index (χ0v) is 9.87. The van der Waals surface area contributed by atoms with Crippen molar-refractivity contribution < 1.29 is 9.18 Å². The molecule has 0 fully saturated rings. The van der Waals surface area contributed by atoms with Gasteiger partial charge in [-0.15, -0.1) is 0 Å². The van der Waals surface area contributed by atoms with Crippen LogP contribution in [0.4, 0.5) is 4.39 Å². The second kappa shape index (κ2) is 4.60. The Kier molecular flexibility index (Phi) is 3.14. The zero-order chi connectivity index (χ0) is 13.3. The van der Waals surface area contributed by atoms with Crippen molar-refractivity contribution in [3.8, 4) is 0 Å². The van der Waals surface area contributed by atoms with E-state index in [0.717, 1.165) is 5.39 Å². The third-order valence-corrected chi connectivity index (χ3v) is 2.90. The quantitative estimate of drug-likeness (QED) is 0.859. The number of carbonyl (C=O) groups excluding carboxylic acids is 1. The summed E-state index contributed by atoms with van der Waals surface area (Å²) in [5, 5.41) is 0.725. The Labute approximate surface area is 103 Å². The first-order valence-corrected chi connectivity index (χ1v) is 5.58. The van der Waals surface area contributed by atoms with Crippen LogP contribution in [0.5, 0.6) is 0 Å². The molecular formula is C13H13FN2O2. The molecule has 0 radical (unpaired) electrons. The number of aromatic amines is 1. The number of hydrogen-bond donors (Lipinski definition) is 2. The molecule has 1 atom stereocenters. The molecule has 0 bridgehead atoms. The van der Waals surface area contributed by atoms with Crippen molar-refractivity contribution in [2.24, 2.45) is 11.7 Å². The maximum Gasteiger partial charge on any atom is 0.251 e. The van der Waals surface area contributed by atoms with E-state index < -0.39 is 17.6 Å². The summed E-state index contributed by atoms with van der Waals surface area (Å²) in [7, 11) is 0. The van der Waals surface area contributed by atoms with Gasteiger partial charge < -0.3 is 10.7 Å². The van der Waals surface area contributed by atoms with Gasteiger partial charge in [-0.3, -0.25) is 9.59 Å². The summed E-state index contributed by atoms with van der Waals surface area (Å²) >= 11 is 0. The predicted molar refractivity (Wildman–Crippen MR) is 66.6 cm³/mol. The smallest absolute Gasteiger partial charge is 0.251 e. The SMILES string of the molecule is CC(Cc1cc2ccc(F)cc2[nH]c1=O)C(N)=O. The molecule has 18 heavy (non-hydrogen) atoms. The van der Waals surface area contributed by atoms with Crippen LogP contribution in [0.2, 0.25) is 0 Å². The average Bonchev–Trinajstić information content (AvgIpc) is 2.30. The Morgan fingerprint density at radius 3 is 2.83 bits per heavy atom. The molecule has 1 aromatic carbocycles. The monoisotopic (exact) mass is 248 g/mol. The fourth-order valence-electron chi connectivity index (χ4n) is 1.80. The van der Waals surface area contributed by atoms with Gasteiger partial charge in [0.05, 0.1) is 5.52 Å². The van der Waals surface area contributed by atoms with E-state index >= 15 is 0 Å². The Morgan fingerprint density at radius 1 is 1.44 bits per heavy atom. The number of rotatable bonds is 3. The number of carbonyl (C=O) groups is 1. The minimum atomic E-state index is -0.450. The van der Waals surface area contributed by atoms with Crippen LogP contribution in [0.25, 0.3) is 10.9 Å². The van der Waals surface area contributed by atoms with Crippen LogP contribution in [0.1, 0.15) is 12.5 Å². The largest absolute Gasteiger partial charge is 0.369 e. The normalized spacial score (nSPS) is 12.6. The van der Waals surface area contributed by atoms with Crippen molar-refractivity contribution in [3.05, 3.63) is 46.0 Å². The van der Waals surface area contributed by atoms with Crippen molar-refractivity contribution >= 4 is 16.8 Å². The lowest BCUT2D eigenvalue weighted by molar-refractivity contribution is -0.121. The first-order valence-electron chi connectivity index (χ1n) is 5.58. The van der Waals surface area contributed by atoms with Gasteiger partial charge >= 0.3 is 0 Å². The van der Waals surface area contributed by atoms with E-state index in [1.165, 1.54) is 12.1 Å². The summed E-state index contributed by atoms with van der Waals surface area (Å²) in [5.74, 6) is -1.27. The number of benzene rings is 1. The first kappa shape index (κ1) is 12.3. The molecular weight excluding hydrogens is 235 g/mol. The first-order chi connectivity index (χ1) is 8.47. The van der Waals surface area contributed by atoms with Gasteiger partial charge in [-0.25, -0.2) is 4.39 Å². The van der Waals surface area contributed by atoms with Crippen LogP contribution in [-0.4, -0.2) is 10.9 Å². The number of amides is 1. The number of nitrogens with two attached hydrogens (primary N) is 1. The van der Waals surface area contributed by atoms with Crippen molar-refractivity contribution in [1.29, 1.82) is 0 Å². The lowest BCUT2D eigenvalue weighted by Gasteiger charge is -2.07. The summed E-state index contributed by atoms with van der Waals surface area (Å²) in [6.07, 6.45) is 0.276. The van der Waals surface area contributed by atoms with Crippen LogP contribution in [-0.2, 0) is 11.2 Å². The highest BCUT2D eigenvalue weighted by Crippen LogP contribution is 2.14. The molecule has 4 nitrogen and oxygen atoms in total. The Morgan fingerprint density at radius 2 is 2.17 bits per heavy atom. The van der Waals surface area contributed by atoms with E-state index in [4.69, 9.17) is 5.73 Å². The molecule has 3 N–H and O–H groups in total. The van der Waals surface area contributed by atoms with Crippen molar-refractivity contribution in [3.63, 3.8) is 0 Å². The second-order valence-corrected chi connectivity index (χ2v) is 4.36. The molecule has 0 spiro atoms. The molecule has 1 heterocycles. The summed E-state index contributed by atoms with van der Waals surface area (Å²) < 4.78 is 13.0. The van der Waals surface area contributed by atoms with Gasteiger partial charge in [0, 0.05) is 11.5 Å².